The Labute approximate surface area is 163 Å². The summed E-state index contributed by atoms with van der Waals surface area (Å²) >= 11 is 7.66. The zero-order valence-electron chi connectivity index (χ0n) is 15.1. The van der Waals surface area contributed by atoms with Gasteiger partial charge in [0.1, 0.15) is 12.4 Å². The fourth-order valence-corrected chi connectivity index (χ4v) is 3.55. The molecule has 0 radical (unpaired) electrons. The highest BCUT2D eigenvalue weighted by Crippen LogP contribution is 2.23. The second-order valence-corrected chi connectivity index (χ2v) is 7.77. The molecule has 136 valence electrons. The Balaban J connectivity index is 1.58. The van der Waals surface area contributed by atoms with Crippen LogP contribution in [0.5, 0.6) is 5.75 Å². The van der Waals surface area contributed by atoms with E-state index in [4.69, 9.17) is 16.3 Å². The number of hydrogen-bond donors (Lipinski definition) is 0. The molecule has 0 amide bonds. The van der Waals surface area contributed by atoms with Crippen molar-refractivity contribution in [3.63, 3.8) is 0 Å². The summed E-state index contributed by atoms with van der Waals surface area (Å²) in [6, 6.07) is 16.1. The van der Waals surface area contributed by atoms with Gasteiger partial charge in [-0.25, -0.2) is 0 Å². The fourth-order valence-electron chi connectivity index (χ4n) is 2.47. The zero-order chi connectivity index (χ0) is 18.5. The van der Waals surface area contributed by atoms with Crippen LogP contribution in [0.2, 0.25) is 5.02 Å². The summed E-state index contributed by atoms with van der Waals surface area (Å²) < 4.78 is 7.82. The highest BCUT2D eigenvalue weighted by Gasteiger charge is 2.10. The molecular formula is C20H22ClN3OS. The Morgan fingerprint density at radius 2 is 1.88 bits per heavy atom. The lowest BCUT2D eigenvalue weighted by Crippen LogP contribution is -2.04. The van der Waals surface area contributed by atoms with Gasteiger partial charge in [-0.15, -0.1) is 10.2 Å². The largest absolute Gasteiger partial charge is 0.486 e. The summed E-state index contributed by atoms with van der Waals surface area (Å²) in [6.07, 6.45) is 0. The van der Waals surface area contributed by atoms with Crippen LogP contribution >= 0.6 is 23.4 Å². The van der Waals surface area contributed by atoms with Crippen molar-refractivity contribution in [3.8, 4) is 5.75 Å². The van der Waals surface area contributed by atoms with Gasteiger partial charge in [0.15, 0.2) is 11.0 Å². The molecule has 6 heteroatoms. The number of aromatic nitrogens is 3. The van der Waals surface area contributed by atoms with E-state index in [9.17, 15) is 0 Å². The Hall–Kier alpha value is -1.98. The summed E-state index contributed by atoms with van der Waals surface area (Å²) in [5.74, 6) is 2.95. The molecule has 0 aliphatic heterocycles. The lowest BCUT2D eigenvalue weighted by atomic mass is 10.0. The number of hydrogen-bond acceptors (Lipinski definition) is 4. The van der Waals surface area contributed by atoms with Crippen molar-refractivity contribution >= 4 is 23.4 Å². The zero-order valence-corrected chi connectivity index (χ0v) is 16.7. The van der Waals surface area contributed by atoms with E-state index in [1.807, 2.05) is 41.9 Å². The van der Waals surface area contributed by atoms with Gasteiger partial charge in [-0.1, -0.05) is 61.5 Å². The summed E-state index contributed by atoms with van der Waals surface area (Å²) in [6.45, 7) is 4.75. The number of thioether (sulfide) groups is 1. The standard InChI is InChI=1S/C20H22ClN3OS/c1-14(2)16-7-9-18(10-8-16)25-12-19-22-23-20(24(19)3)26-13-15-5-4-6-17(21)11-15/h4-11,14H,12-13H2,1-3H3. The SMILES string of the molecule is CC(C)c1ccc(OCc2nnc(SCc3cccc(Cl)c3)n2C)cc1. The Morgan fingerprint density at radius 3 is 2.58 bits per heavy atom. The molecule has 0 N–H and O–H groups in total. The van der Waals surface area contributed by atoms with Gasteiger partial charge in [-0.2, -0.15) is 0 Å². The van der Waals surface area contributed by atoms with Gasteiger partial charge >= 0.3 is 0 Å². The minimum Gasteiger partial charge on any atom is -0.486 e. The molecule has 0 aliphatic carbocycles. The quantitative estimate of drug-likeness (QED) is 0.504. The minimum absolute atomic E-state index is 0.391. The molecule has 0 fully saturated rings. The molecule has 0 unspecified atom stereocenters. The number of benzene rings is 2. The van der Waals surface area contributed by atoms with Gasteiger partial charge < -0.3 is 9.30 Å². The summed E-state index contributed by atoms with van der Waals surface area (Å²) in [5, 5.41) is 10.1. The normalized spacial score (nSPS) is 11.1. The Bertz CT molecular complexity index is 862. The highest BCUT2D eigenvalue weighted by molar-refractivity contribution is 7.98. The van der Waals surface area contributed by atoms with Gasteiger partial charge in [0.2, 0.25) is 0 Å². The maximum absolute atomic E-state index is 6.03. The number of nitrogens with zero attached hydrogens (tertiary/aromatic N) is 3. The average Bonchev–Trinajstić information content (AvgIpc) is 2.98. The second kappa shape index (κ2) is 8.60. The van der Waals surface area contributed by atoms with Crippen LogP contribution in [0.1, 0.15) is 36.7 Å². The molecule has 0 bridgehead atoms. The molecule has 26 heavy (non-hydrogen) atoms. The maximum Gasteiger partial charge on any atom is 0.191 e. The molecule has 0 saturated heterocycles. The molecule has 0 spiro atoms. The first kappa shape index (κ1) is 18.8. The van der Waals surface area contributed by atoms with E-state index in [1.54, 1.807) is 11.8 Å². The Morgan fingerprint density at radius 1 is 1.12 bits per heavy atom. The maximum atomic E-state index is 6.03. The van der Waals surface area contributed by atoms with Crippen molar-refractivity contribution in [2.75, 3.05) is 0 Å². The molecule has 2 aromatic carbocycles. The smallest absolute Gasteiger partial charge is 0.191 e. The lowest BCUT2D eigenvalue weighted by molar-refractivity contribution is 0.290. The fraction of sp³-hybridized carbons (Fsp3) is 0.300. The van der Waals surface area contributed by atoms with Crippen LogP contribution < -0.4 is 4.74 Å². The summed E-state index contributed by atoms with van der Waals surface area (Å²) in [5.41, 5.74) is 2.46. The van der Waals surface area contributed by atoms with E-state index in [1.165, 1.54) is 5.56 Å². The van der Waals surface area contributed by atoms with Crippen LogP contribution in [-0.2, 0) is 19.4 Å². The van der Waals surface area contributed by atoms with Crippen molar-refractivity contribution in [2.24, 2.45) is 7.05 Å². The monoisotopic (exact) mass is 387 g/mol. The predicted octanol–water partition coefficient (Wildman–Crippen LogP) is 5.46. The molecule has 0 aliphatic rings. The van der Waals surface area contributed by atoms with E-state index < -0.39 is 0 Å². The molecule has 0 atom stereocenters. The van der Waals surface area contributed by atoms with E-state index in [2.05, 4.69) is 42.2 Å². The van der Waals surface area contributed by atoms with Gasteiger partial charge in [-0.05, 0) is 41.3 Å². The van der Waals surface area contributed by atoms with Gasteiger partial charge in [0, 0.05) is 17.8 Å². The van der Waals surface area contributed by atoms with E-state index >= 15 is 0 Å². The number of rotatable bonds is 7. The lowest BCUT2D eigenvalue weighted by Gasteiger charge is -2.09. The topological polar surface area (TPSA) is 39.9 Å². The van der Waals surface area contributed by atoms with Gasteiger partial charge in [0.05, 0.1) is 0 Å². The first-order valence-corrected chi connectivity index (χ1v) is 9.87. The van der Waals surface area contributed by atoms with Crippen molar-refractivity contribution in [3.05, 3.63) is 70.5 Å². The van der Waals surface area contributed by atoms with Gasteiger partial charge in [0.25, 0.3) is 0 Å². The van der Waals surface area contributed by atoms with Crippen LogP contribution in [-0.4, -0.2) is 14.8 Å². The first-order chi connectivity index (χ1) is 12.5. The summed E-state index contributed by atoms with van der Waals surface area (Å²) in [4.78, 5) is 0. The van der Waals surface area contributed by atoms with Crippen LogP contribution in [0.15, 0.2) is 53.7 Å². The van der Waals surface area contributed by atoms with Crippen LogP contribution in [0.4, 0.5) is 0 Å². The van der Waals surface area contributed by atoms with E-state index in [0.717, 1.165) is 33.1 Å². The van der Waals surface area contributed by atoms with Crippen molar-refractivity contribution in [1.82, 2.24) is 14.8 Å². The molecule has 0 saturated carbocycles. The van der Waals surface area contributed by atoms with E-state index in [0.29, 0.717) is 12.5 Å². The highest BCUT2D eigenvalue weighted by atomic mass is 35.5. The Kier molecular flexibility index (Phi) is 6.22. The van der Waals surface area contributed by atoms with Crippen LogP contribution in [0, 0.1) is 0 Å². The summed E-state index contributed by atoms with van der Waals surface area (Å²) in [7, 11) is 1.96. The third-order valence-corrected chi connectivity index (χ3v) is 5.42. The molecule has 3 rings (SSSR count). The van der Waals surface area contributed by atoms with E-state index in [-0.39, 0.29) is 0 Å². The molecule has 3 aromatic rings. The molecule has 1 heterocycles. The third-order valence-electron chi connectivity index (χ3n) is 4.10. The van der Waals surface area contributed by atoms with Crippen LogP contribution in [0.3, 0.4) is 0 Å². The average molecular weight is 388 g/mol. The third kappa shape index (κ3) is 4.80. The van der Waals surface area contributed by atoms with Crippen molar-refractivity contribution < 1.29 is 4.74 Å². The van der Waals surface area contributed by atoms with Crippen molar-refractivity contribution in [1.29, 1.82) is 0 Å². The second-order valence-electron chi connectivity index (χ2n) is 6.39. The van der Waals surface area contributed by atoms with Gasteiger partial charge in [-0.3, -0.25) is 0 Å². The number of ether oxygens (including phenoxy) is 1. The predicted molar refractivity (Wildman–Crippen MR) is 107 cm³/mol. The first-order valence-electron chi connectivity index (χ1n) is 8.51. The number of halogens is 1. The molecule has 1 aromatic heterocycles. The van der Waals surface area contributed by atoms with Crippen LogP contribution in [0.25, 0.3) is 0 Å². The minimum atomic E-state index is 0.391. The molecule has 4 nitrogen and oxygen atoms in total. The molecular weight excluding hydrogens is 366 g/mol. The van der Waals surface area contributed by atoms with Crippen molar-refractivity contribution in [2.45, 2.75) is 37.3 Å².